The van der Waals surface area contributed by atoms with E-state index in [0.29, 0.717) is 23.6 Å². The molecule has 1 aliphatic heterocycles. The zero-order chi connectivity index (χ0) is 11.7. The van der Waals surface area contributed by atoms with Crippen molar-refractivity contribution in [2.75, 3.05) is 5.73 Å². The summed E-state index contributed by atoms with van der Waals surface area (Å²) in [6, 6.07) is 2.26. The van der Waals surface area contributed by atoms with Gasteiger partial charge in [0.15, 0.2) is 0 Å². The minimum absolute atomic E-state index is 0.0149. The minimum Gasteiger partial charge on any atom is -0.382 e. The van der Waals surface area contributed by atoms with E-state index in [0.717, 1.165) is 19.3 Å². The van der Waals surface area contributed by atoms with Crippen LogP contribution in [0.15, 0.2) is 6.07 Å². The van der Waals surface area contributed by atoms with E-state index in [1.54, 1.807) is 6.07 Å². The Hall–Kier alpha value is -1.52. The highest BCUT2D eigenvalue weighted by Crippen LogP contribution is 2.27. The number of carbonyl (C=O) groups is 1. The Labute approximate surface area is 95.0 Å². The minimum atomic E-state index is 0.0149. The van der Waals surface area contributed by atoms with E-state index in [4.69, 9.17) is 5.73 Å². The zero-order valence-electron chi connectivity index (χ0n) is 9.73. The second-order valence-corrected chi connectivity index (χ2v) is 4.41. The number of aromatic nitrogens is 2. The molecule has 0 aromatic carbocycles. The van der Waals surface area contributed by atoms with Crippen LogP contribution < -0.4 is 5.73 Å². The maximum atomic E-state index is 12.2. The van der Waals surface area contributed by atoms with Gasteiger partial charge in [-0.3, -0.25) is 9.89 Å². The molecule has 1 saturated heterocycles. The van der Waals surface area contributed by atoms with Crippen molar-refractivity contribution in [1.82, 2.24) is 15.1 Å². The molecule has 5 heteroatoms. The highest BCUT2D eigenvalue weighted by molar-refractivity contribution is 5.93. The summed E-state index contributed by atoms with van der Waals surface area (Å²) in [5.74, 6) is 0.379. The van der Waals surface area contributed by atoms with Gasteiger partial charge in [-0.05, 0) is 26.2 Å². The average Bonchev–Trinajstić information content (AvgIpc) is 2.83. The van der Waals surface area contributed by atoms with Gasteiger partial charge in [0.2, 0.25) is 0 Å². The van der Waals surface area contributed by atoms with Crippen LogP contribution in [0.1, 0.15) is 43.6 Å². The number of anilines is 1. The van der Waals surface area contributed by atoms with Crippen molar-refractivity contribution in [2.45, 2.75) is 45.2 Å². The van der Waals surface area contributed by atoms with E-state index in [1.807, 2.05) is 4.90 Å². The summed E-state index contributed by atoms with van der Waals surface area (Å²) in [4.78, 5) is 14.2. The van der Waals surface area contributed by atoms with E-state index >= 15 is 0 Å². The summed E-state index contributed by atoms with van der Waals surface area (Å²) in [6.45, 7) is 4.21. The number of nitrogens with one attached hydrogen (secondary N) is 1. The first-order chi connectivity index (χ1) is 7.63. The summed E-state index contributed by atoms with van der Waals surface area (Å²) in [5, 5.41) is 6.47. The van der Waals surface area contributed by atoms with Crippen LogP contribution in [0, 0.1) is 0 Å². The number of aromatic amines is 1. The Morgan fingerprint density at radius 2 is 2.44 bits per heavy atom. The van der Waals surface area contributed by atoms with Crippen LogP contribution in [-0.4, -0.2) is 33.1 Å². The van der Waals surface area contributed by atoms with Crippen LogP contribution in [0.2, 0.25) is 0 Å². The Morgan fingerprint density at radius 3 is 3.00 bits per heavy atom. The van der Waals surface area contributed by atoms with Gasteiger partial charge in [-0.25, -0.2) is 0 Å². The number of rotatable bonds is 2. The number of H-pyrrole nitrogens is 1. The molecule has 5 nitrogen and oxygen atoms in total. The summed E-state index contributed by atoms with van der Waals surface area (Å²) < 4.78 is 0. The average molecular weight is 222 g/mol. The summed E-state index contributed by atoms with van der Waals surface area (Å²) >= 11 is 0. The molecule has 2 rings (SSSR count). The molecule has 0 saturated carbocycles. The smallest absolute Gasteiger partial charge is 0.272 e. The lowest BCUT2D eigenvalue weighted by molar-refractivity contribution is 0.0670. The molecule has 0 aliphatic carbocycles. The quantitative estimate of drug-likeness (QED) is 0.794. The Balaban J connectivity index is 2.20. The number of carbonyl (C=O) groups excluding carboxylic acids is 1. The van der Waals surface area contributed by atoms with Crippen molar-refractivity contribution in [3.63, 3.8) is 0 Å². The molecule has 1 amide bonds. The summed E-state index contributed by atoms with van der Waals surface area (Å²) in [6.07, 6.45) is 3.17. The number of nitrogens with zero attached hydrogens (tertiary/aromatic N) is 2. The number of hydrogen-bond acceptors (Lipinski definition) is 3. The third-order valence-electron chi connectivity index (χ3n) is 3.32. The Morgan fingerprint density at radius 1 is 1.69 bits per heavy atom. The maximum Gasteiger partial charge on any atom is 0.272 e. The molecule has 1 fully saturated rings. The van der Waals surface area contributed by atoms with Crippen molar-refractivity contribution < 1.29 is 4.79 Å². The molecule has 1 aromatic rings. The predicted octanol–water partition coefficient (Wildman–Crippen LogP) is 1.39. The second kappa shape index (κ2) is 4.15. The fourth-order valence-corrected chi connectivity index (χ4v) is 2.42. The SMILES string of the molecule is CCC1CCC(C)N1C(=O)c1cc(N)n[nH]1. The van der Waals surface area contributed by atoms with Crippen LogP contribution in [0.5, 0.6) is 0 Å². The Kier molecular flexibility index (Phi) is 2.85. The van der Waals surface area contributed by atoms with E-state index in [9.17, 15) is 4.79 Å². The normalized spacial score (nSPS) is 25.0. The van der Waals surface area contributed by atoms with Gasteiger partial charge in [0.1, 0.15) is 11.5 Å². The van der Waals surface area contributed by atoms with Gasteiger partial charge in [-0.1, -0.05) is 6.92 Å². The topological polar surface area (TPSA) is 75.0 Å². The highest BCUT2D eigenvalue weighted by atomic mass is 16.2. The molecule has 0 bridgehead atoms. The number of hydrogen-bond donors (Lipinski definition) is 2. The number of likely N-dealkylation sites (tertiary alicyclic amines) is 1. The fraction of sp³-hybridized carbons (Fsp3) is 0.636. The van der Waals surface area contributed by atoms with Crippen LogP contribution in [0.3, 0.4) is 0 Å². The van der Waals surface area contributed by atoms with Gasteiger partial charge >= 0.3 is 0 Å². The molecule has 2 unspecified atom stereocenters. The molecule has 88 valence electrons. The predicted molar refractivity (Wildman–Crippen MR) is 61.9 cm³/mol. The fourth-order valence-electron chi connectivity index (χ4n) is 2.42. The van der Waals surface area contributed by atoms with Gasteiger partial charge in [-0.15, -0.1) is 0 Å². The first kappa shape index (κ1) is 11.0. The van der Waals surface area contributed by atoms with Crippen molar-refractivity contribution >= 4 is 11.7 Å². The third-order valence-corrected chi connectivity index (χ3v) is 3.32. The van der Waals surface area contributed by atoms with Crippen molar-refractivity contribution in [1.29, 1.82) is 0 Å². The van der Waals surface area contributed by atoms with E-state index < -0.39 is 0 Å². The molecular weight excluding hydrogens is 204 g/mol. The highest BCUT2D eigenvalue weighted by Gasteiger charge is 2.34. The van der Waals surface area contributed by atoms with Crippen LogP contribution in [0.25, 0.3) is 0 Å². The van der Waals surface area contributed by atoms with E-state index in [-0.39, 0.29) is 5.91 Å². The summed E-state index contributed by atoms with van der Waals surface area (Å²) in [7, 11) is 0. The van der Waals surface area contributed by atoms with Gasteiger partial charge in [0.05, 0.1) is 0 Å². The second-order valence-electron chi connectivity index (χ2n) is 4.41. The molecular formula is C11H18N4O. The lowest BCUT2D eigenvalue weighted by Gasteiger charge is -2.27. The zero-order valence-corrected chi connectivity index (χ0v) is 9.73. The first-order valence-corrected chi connectivity index (χ1v) is 5.77. The van der Waals surface area contributed by atoms with Gasteiger partial charge in [0.25, 0.3) is 5.91 Å². The standard InChI is InChI=1S/C11H18N4O/c1-3-8-5-4-7(2)15(8)11(16)9-6-10(12)14-13-9/h6-8H,3-5H2,1-2H3,(H3,12,13,14). The number of nitrogen functional groups attached to an aromatic ring is 1. The monoisotopic (exact) mass is 222 g/mol. The lowest BCUT2D eigenvalue weighted by atomic mass is 10.1. The maximum absolute atomic E-state index is 12.2. The van der Waals surface area contributed by atoms with Crippen LogP contribution in [-0.2, 0) is 0 Å². The van der Waals surface area contributed by atoms with E-state index in [1.165, 1.54) is 0 Å². The molecule has 3 N–H and O–H groups in total. The van der Waals surface area contributed by atoms with Crippen molar-refractivity contribution in [3.8, 4) is 0 Å². The molecule has 1 aromatic heterocycles. The summed E-state index contributed by atoms with van der Waals surface area (Å²) in [5.41, 5.74) is 5.99. The van der Waals surface area contributed by atoms with Gasteiger partial charge in [0, 0.05) is 18.2 Å². The molecule has 2 heterocycles. The third kappa shape index (κ3) is 1.77. The number of nitrogens with two attached hydrogens (primary N) is 1. The Bertz CT molecular complexity index is 387. The first-order valence-electron chi connectivity index (χ1n) is 5.77. The van der Waals surface area contributed by atoms with E-state index in [2.05, 4.69) is 24.0 Å². The van der Waals surface area contributed by atoms with Crippen LogP contribution in [0.4, 0.5) is 5.82 Å². The van der Waals surface area contributed by atoms with Crippen molar-refractivity contribution in [3.05, 3.63) is 11.8 Å². The van der Waals surface area contributed by atoms with Crippen LogP contribution >= 0.6 is 0 Å². The molecule has 1 aliphatic rings. The van der Waals surface area contributed by atoms with Gasteiger partial charge in [-0.2, -0.15) is 5.10 Å². The van der Waals surface area contributed by atoms with Gasteiger partial charge < -0.3 is 10.6 Å². The number of amides is 1. The molecule has 0 radical (unpaired) electrons. The molecule has 2 atom stereocenters. The molecule has 0 spiro atoms. The lowest BCUT2D eigenvalue weighted by Crippen LogP contribution is -2.39. The largest absolute Gasteiger partial charge is 0.382 e. The molecule has 16 heavy (non-hydrogen) atoms. The van der Waals surface area contributed by atoms with Crippen molar-refractivity contribution in [2.24, 2.45) is 0 Å².